The molecule has 0 radical (unpaired) electrons. The van der Waals surface area contributed by atoms with Crippen LogP contribution in [-0.2, 0) is 13.6 Å². The Morgan fingerprint density at radius 2 is 1.96 bits per heavy atom. The van der Waals surface area contributed by atoms with Crippen molar-refractivity contribution in [2.24, 2.45) is 7.05 Å². The van der Waals surface area contributed by atoms with Gasteiger partial charge in [-0.15, -0.1) is 0 Å². The zero-order chi connectivity index (χ0) is 17.5. The zero-order valence-corrected chi connectivity index (χ0v) is 14.3. The lowest BCUT2D eigenvalue weighted by Gasteiger charge is -2.17. The van der Waals surface area contributed by atoms with E-state index < -0.39 is 5.60 Å². The first-order valence-electron chi connectivity index (χ1n) is 7.77. The van der Waals surface area contributed by atoms with E-state index in [9.17, 15) is 9.90 Å². The van der Waals surface area contributed by atoms with Gasteiger partial charge >= 0.3 is 5.69 Å². The van der Waals surface area contributed by atoms with E-state index in [0.717, 1.165) is 11.1 Å². The number of pyridine rings is 1. The minimum atomic E-state index is -0.993. The van der Waals surface area contributed by atoms with Gasteiger partial charge in [0.1, 0.15) is 5.75 Å². The largest absolute Gasteiger partial charge is 0.439 e. The summed E-state index contributed by atoms with van der Waals surface area (Å²) >= 11 is 0. The van der Waals surface area contributed by atoms with Gasteiger partial charge in [-0.1, -0.05) is 6.07 Å². The molecule has 3 rings (SSSR count). The minimum Gasteiger partial charge on any atom is -0.439 e. The molecule has 0 saturated carbocycles. The third-order valence-corrected chi connectivity index (χ3v) is 3.77. The van der Waals surface area contributed by atoms with Crippen LogP contribution >= 0.6 is 0 Å². The van der Waals surface area contributed by atoms with Gasteiger partial charge in [0.15, 0.2) is 0 Å². The van der Waals surface area contributed by atoms with Crippen molar-refractivity contribution in [1.82, 2.24) is 14.1 Å². The molecule has 2 heterocycles. The van der Waals surface area contributed by atoms with E-state index in [2.05, 4.69) is 4.98 Å². The number of nitrogens with zero attached hydrogens (tertiary/aromatic N) is 3. The normalized spacial score (nSPS) is 11.9. The van der Waals surface area contributed by atoms with Crippen molar-refractivity contribution < 1.29 is 9.84 Å². The van der Waals surface area contributed by atoms with Crippen LogP contribution in [0.15, 0.2) is 41.3 Å². The maximum absolute atomic E-state index is 12.4. The highest BCUT2D eigenvalue weighted by atomic mass is 16.5. The third-order valence-electron chi connectivity index (χ3n) is 3.77. The Hall–Kier alpha value is -2.60. The summed E-state index contributed by atoms with van der Waals surface area (Å²) in [6.45, 7) is 5.52. The predicted octanol–water partition coefficient (Wildman–Crippen LogP) is 2.61. The average molecular weight is 327 g/mol. The molecular formula is C18H21N3O3. The molecule has 0 bridgehead atoms. The Balaban J connectivity index is 2.04. The van der Waals surface area contributed by atoms with Crippen molar-refractivity contribution in [2.45, 2.75) is 32.9 Å². The van der Waals surface area contributed by atoms with Gasteiger partial charge in [-0.25, -0.2) is 9.78 Å². The molecule has 0 aliphatic heterocycles. The number of rotatable bonds is 4. The monoisotopic (exact) mass is 327 g/mol. The topological polar surface area (TPSA) is 69.3 Å². The van der Waals surface area contributed by atoms with Gasteiger partial charge in [-0.3, -0.25) is 9.13 Å². The number of hydrogen-bond donors (Lipinski definition) is 1. The fraction of sp³-hybridized carbons (Fsp3) is 0.333. The molecule has 6 nitrogen and oxygen atoms in total. The van der Waals surface area contributed by atoms with Crippen molar-refractivity contribution in [3.8, 4) is 11.6 Å². The molecule has 0 aliphatic rings. The van der Waals surface area contributed by atoms with E-state index >= 15 is 0 Å². The Bertz CT molecular complexity index is 931. The molecule has 0 saturated heterocycles. The second-order valence-corrected chi connectivity index (χ2v) is 6.67. The van der Waals surface area contributed by atoms with E-state index in [1.54, 1.807) is 54.4 Å². The van der Waals surface area contributed by atoms with Crippen LogP contribution in [0.25, 0.3) is 11.0 Å². The van der Waals surface area contributed by atoms with Gasteiger partial charge in [0.05, 0.1) is 23.2 Å². The molecule has 2 aromatic heterocycles. The molecule has 0 spiro atoms. The lowest BCUT2D eigenvalue weighted by Crippen LogP contribution is -2.33. The van der Waals surface area contributed by atoms with Crippen LogP contribution < -0.4 is 10.4 Å². The van der Waals surface area contributed by atoms with Crippen molar-refractivity contribution in [3.05, 3.63) is 52.6 Å². The summed E-state index contributed by atoms with van der Waals surface area (Å²) in [4.78, 5) is 16.7. The van der Waals surface area contributed by atoms with E-state index in [-0.39, 0.29) is 12.2 Å². The van der Waals surface area contributed by atoms with Crippen molar-refractivity contribution in [3.63, 3.8) is 0 Å². The second kappa shape index (κ2) is 5.79. The lowest BCUT2D eigenvalue weighted by atomic mass is 10.1. The number of aryl methyl sites for hydroxylation is 2. The number of imidazole rings is 1. The average Bonchev–Trinajstić information content (AvgIpc) is 2.73. The summed E-state index contributed by atoms with van der Waals surface area (Å²) in [6.07, 6.45) is 1.74. The molecule has 0 unspecified atom stereocenters. The smallest absolute Gasteiger partial charge is 0.328 e. The number of benzene rings is 1. The summed E-state index contributed by atoms with van der Waals surface area (Å²) in [5.41, 5.74) is 1.40. The minimum absolute atomic E-state index is 0.169. The maximum atomic E-state index is 12.4. The summed E-state index contributed by atoms with van der Waals surface area (Å²) in [5, 5.41) is 10.1. The first-order chi connectivity index (χ1) is 11.2. The molecule has 6 heteroatoms. The molecular weight excluding hydrogens is 306 g/mol. The molecule has 24 heavy (non-hydrogen) atoms. The van der Waals surface area contributed by atoms with Crippen LogP contribution in [-0.4, -0.2) is 24.8 Å². The Morgan fingerprint density at radius 1 is 1.21 bits per heavy atom. The van der Waals surface area contributed by atoms with E-state index in [1.165, 1.54) is 0 Å². The first-order valence-corrected chi connectivity index (χ1v) is 7.77. The molecule has 0 aliphatic carbocycles. The fourth-order valence-electron chi connectivity index (χ4n) is 2.63. The van der Waals surface area contributed by atoms with Crippen molar-refractivity contribution in [2.75, 3.05) is 0 Å². The van der Waals surface area contributed by atoms with Gasteiger partial charge in [-0.2, -0.15) is 0 Å². The lowest BCUT2D eigenvalue weighted by molar-refractivity contribution is 0.0615. The van der Waals surface area contributed by atoms with E-state index in [4.69, 9.17) is 4.74 Å². The quantitative estimate of drug-likeness (QED) is 0.800. The highest BCUT2D eigenvalue weighted by molar-refractivity contribution is 5.78. The van der Waals surface area contributed by atoms with Gasteiger partial charge in [-0.05, 0) is 38.5 Å². The Labute approximate surface area is 139 Å². The molecule has 0 amide bonds. The summed E-state index contributed by atoms with van der Waals surface area (Å²) in [5.74, 6) is 1.08. The van der Waals surface area contributed by atoms with Crippen LogP contribution in [0.4, 0.5) is 0 Å². The van der Waals surface area contributed by atoms with Gasteiger partial charge in [0.25, 0.3) is 0 Å². The SMILES string of the molecule is Cc1ccc(Oc2ccc3c(c2)n(CC(C)(C)O)c(=O)n3C)nc1. The van der Waals surface area contributed by atoms with Crippen molar-refractivity contribution in [1.29, 1.82) is 0 Å². The number of hydrogen-bond acceptors (Lipinski definition) is 4. The number of aliphatic hydroxyl groups is 1. The summed E-state index contributed by atoms with van der Waals surface area (Å²) < 4.78 is 8.90. The van der Waals surface area contributed by atoms with Crippen LogP contribution in [0.3, 0.4) is 0 Å². The standard InChI is InChI=1S/C18H21N3O3/c1-12-5-8-16(19-10-12)24-13-6-7-14-15(9-13)21(11-18(2,3)23)17(22)20(14)4/h5-10,23H,11H2,1-4H3. The molecule has 3 aromatic rings. The Kier molecular flexibility index (Phi) is 3.93. The van der Waals surface area contributed by atoms with E-state index in [1.807, 2.05) is 19.1 Å². The molecule has 1 N–H and O–H groups in total. The fourth-order valence-corrected chi connectivity index (χ4v) is 2.63. The molecule has 0 fully saturated rings. The third kappa shape index (κ3) is 3.19. The summed E-state index contributed by atoms with van der Waals surface area (Å²) in [7, 11) is 1.72. The predicted molar refractivity (Wildman–Crippen MR) is 92.5 cm³/mol. The number of fused-ring (bicyclic) bond motifs is 1. The second-order valence-electron chi connectivity index (χ2n) is 6.67. The first kappa shape index (κ1) is 16.3. The van der Waals surface area contributed by atoms with Gasteiger partial charge < -0.3 is 9.84 Å². The van der Waals surface area contributed by atoms with Gasteiger partial charge in [0, 0.05) is 25.4 Å². The van der Waals surface area contributed by atoms with Crippen LogP contribution in [0.5, 0.6) is 11.6 Å². The Morgan fingerprint density at radius 3 is 2.58 bits per heavy atom. The van der Waals surface area contributed by atoms with Crippen molar-refractivity contribution >= 4 is 11.0 Å². The zero-order valence-electron chi connectivity index (χ0n) is 14.3. The highest BCUT2D eigenvalue weighted by Gasteiger charge is 2.19. The van der Waals surface area contributed by atoms with Crippen LogP contribution in [0, 0.1) is 6.92 Å². The molecule has 0 atom stereocenters. The number of ether oxygens (including phenoxy) is 1. The van der Waals surface area contributed by atoms with Crippen LogP contribution in [0.1, 0.15) is 19.4 Å². The van der Waals surface area contributed by atoms with E-state index in [0.29, 0.717) is 17.1 Å². The van der Waals surface area contributed by atoms with Crippen LogP contribution in [0.2, 0.25) is 0 Å². The summed E-state index contributed by atoms with van der Waals surface area (Å²) in [6, 6.07) is 9.16. The molecule has 1 aromatic carbocycles. The maximum Gasteiger partial charge on any atom is 0.328 e. The van der Waals surface area contributed by atoms with Gasteiger partial charge in [0.2, 0.25) is 5.88 Å². The molecule has 126 valence electrons. The highest BCUT2D eigenvalue weighted by Crippen LogP contribution is 2.25. The number of aromatic nitrogens is 3.